The van der Waals surface area contributed by atoms with Crippen LogP contribution in [0.3, 0.4) is 0 Å². The second kappa shape index (κ2) is 6.45. The molecule has 0 aliphatic carbocycles. The van der Waals surface area contributed by atoms with E-state index in [0.717, 1.165) is 63.5 Å². The SMILES string of the molecule is CN1CCc2nc3ccnn3c(N3CC(C(=O)N4CCC(N)C4)C3)c2CC1. The molecular formula is C19H27N7O. The molecule has 1 amide bonds. The Morgan fingerprint density at radius 1 is 1.19 bits per heavy atom. The van der Waals surface area contributed by atoms with Crippen molar-refractivity contribution in [2.75, 3.05) is 51.2 Å². The fourth-order valence-electron chi connectivity index (χ4n) is 4.56. The number of anilines is 1. The highest BCUT2D eigenvalue weighted by atomic mass is 16.2. The molecule has 0 bridgehead atoms. The maximum Gasteiger partial charge on any atom is 0.229 e. The van der Waals surface area contributed by atoms with Crippen LogP contribution in [0.2, 0.25) is 0 Å². The Kier molecular flexibility index (Phi) is 4.05. The maximum atomic E-state index is 12.8. The van der Waals surface area contributed by atoms with Gasteiger partial charge in [-0.3, -0.25) is 4.79 Å². The quantitative estimate of drug-likeness (QED) is 0.786. The van der Waals surface area contributed by atoms with Crippen LogP contribution in [0.5, 0.6) is 0 Å². The molecule has 2 aromatic heterocycles. The average molecular weight is 369 g/mol. The van der Waals surface area contributed by atoms with Gasteiger partial charge in [0.1, 0.15) is 5.82 Å². The molecule has 2 fully saturated rings. The van der Waals surface area contributed by atoms with E-state index in [0.29, 0.717) is 6.54 Å². The van der Waals surface area contributed by atoms with Gasteiger partial charge in [0.25, 0.3) is 0 Å². The minimum absolute atomic E-state index is 0.0678. The molecule has 144 valence electrons. The number of fused-ring (bicyclic) bond motifs is 2. The van der Waals surface area contributed by atoms with Crippen LogP contribution in [0, 0.1) is 5.92 Å². The van der Waals surface area contributed by atoms with E-state index in [1.54, 1.807) is 0 Å². The molecule has 3 aliphatic heterocycles. The molecule has 2 aromatic rings. The highest BCUT2D eigenvalue weighted by Gasteiger charge is 2.39. The number of hydrogen-bond acceptors (Lipinski definition) is 6. The lowest BCUT2D eigenvalue weighted by Crippen LogP contribution is -2.55. The lowest BCUT2D eigenvalue weighted by molar-refractivity contribution is -0.135. The molecule has 0 saturated carbocycles. The zero-order chi connectivity index (χ0) is 18.5. The number of aromatic nitrogens is 3. The van der Waals surface area contributed by atoms with Gasteiger partial charge in [0.2, 0.25) is 5.91 Å². The number of nitrogens with zero attached hydrogens (tertiary/aromatic N) is 6. The van der Waals surface area contributed by atoms with Gasteiger partial charge in [0, 0.05) is 63.4 Å². The highest BCUT2D eigenvalue weighted by molar-refractivity contribution is 5.82. The van der Waals surface area contributed by atoms with Crippen molar-refractivity contribution in [2.45, 2.75) is 25.3 Å². The Morgan fingerprint density at radius 2 is 2.00 bits per heavy atom. The molecule has 8 nitrogen and oxygen atoms in total. The number of rotatable bonds is 2. The van der Waals surface area contributed by atoms with Crippen molar-refractivity contribution in [2.24, 2.45) is 11.7 Å². The average Bonchev–Trinajstić information content (AvgIpc) is 3.21. The number of likely N-dealkylation sites (N-methyl/N-ethyl adjacent to an activating group) is 1. The predicted molar refractivity (Wildman–Crippen MR) is 103 cm³/mol. The van der Waals surface area contributed by atoms with E-state index in [1.165, 1.54) is 11.3 Å². The van der Waals surface area contributed by atoms with Crippen LogP contribution in [0.25, 0.3) is 5.65 Å². The number of likely N-dealkylation sites (tertiary alicyclic amines) is 1. The van der Waals surface area contributed by atoms with Crippen LogP contribution in [-0.4, -0.2) is 82.7 Å². The molecule has 5 heterocycles. The molecule has 2 N–H and O–H groups in total. The molecule has 2 saturated heterocycles. The fourth-order valence-corrected chi connectivity index (χ4v) is 4.56. The van der Waals surface area contributed by atoms with Gasteiger partial charge in [-0.1, -0.05) is 0 Å². The zero-order valence-electron chi connectivity index (χ0n) is 15.8. The molecular weight excluding hydrogens is 342 g/mol. The monoisotopic (exact) mass is 369 g/mol. The topological polar surface area (TPSA) is 83.0 Å². The standard InChI is InChI=1S/C19H27N7O/c1-23-7-4-15-16(5-8-23)22-17-2-6-21-26(17)18(15)25-10-13(11-25)19(27)24-9-3-14(20)12-24/h2,6,13-14H,3-5,7-12,20H2,1H3. The largest absolute Gasteiger partial charge is 0.354 e. The van der Waals surface area contributed by atoms with Crippen LogP contribution in [0.4, 0.5) is 5.82 Å². The van der Waals surface area contributed by atoms with E-state index < -0.39 is 0 Å². The lowest BCUT2D eigenvalue weighted by Gasteiger charge is -2.42. The van der Waals surface area contributed by atoms with Gasteiger partial charge in [0.15, 0.2) is 5.65 Å². The zero-order valence-corrected chi connectivity index (χ0v) is 15.8. The van der Waals surface area contributed by atoms with E-state index in [-0.39, 0.29) is 17.9 Å². The Morgan fingerprint density at radius 3 is 2.78 bits per heavy atom. The Balaban J connectivity index is 1.41. The van der Waals surface area contributed by atoms with Gasteiger partial charge in [0.05, 0.1) is 17.8 Å². The van der Waals surface area contributed by atoms with Crippen LogP contribution in [0.1, 0.15) is 17.7 Å². The first-order valence-corrected chi connectivity index (χ1v) is 9.93. The predicted octanol–water partition coefficient (Wildman–Crippen LogP) is -0.244. The summed E-state index contributed by atoms with van der Waals surface area (Å²) in [7, 11) is 2.16. The van der Waals surface area contributed by atoms with Crippen molar-refractivity contribution < 1.29 is 4.79 Å². The third-order valence-electron chi connectivity index (χ3n) is 6.23. The van der Waals surface area contributed by atoms with Gasteiger partial charge in [-0.25, -0.2) is 4.98 Å². The molecule has 1 atom stereocenters. The van der Waals surface area contributed by atoms with Gasteiger partial charge < -0.3 is 20.4 Å². The molecule has 0 aromatic carbocycles. The van der Waals surface area contributed by atoms with Crippen LogP contribution >= 0.6 is 0 Å². The second-order valence-electron chi connectivity index (χ2n) is 8.20. The van der Waals surface area contributed by atoms with Gasteiger partial charge >= 0.3 is 0 Å². The molecule has 27 heavy (non-hydrogen) atoms. The van der Waals surface area contributed by atoms with Crippen molar-refractivity contribution in [1.29, 1.82) is 0 Å². The number of hydrogen-bond donors (Lipinski definition) is 1. The van der Waals surface area contributed by atoms with Crippen LogP contribution < -0.4 is 10.6 Å². The van der Waals surface area contributed by atoms with E-state index in [4.69, 9.17) is 10.7 Å². The van der Waals surface area contributed by atoms with Crippen LogP contribution in [-0.2, 0) is 17.6 Å². The fraction of sp³-hybridized carbons (Fsp3) is 0.632. The summed E-state index contributed by atoms with van der Waals surface area (Å²) in [5.41, 5.74) is 9.34. The third-order valence-corrected chi connectivity index (χ3v) is 6.23. The van der Waals surface area contributed by atoms with Gasteiger partial charge in [-0.05, 0) is 19.9 Å². The maximum absolute atomic E-state index is 12.8. The Hall–Kier alpha value is -2.19. The second-order valence-corrected chi connectivity index (χ2v) is 8.20. The number of carbonyl (C=O) groups is 1. The third kappa shape index (κ3) is 2.87. The van der Waals surface area contributed by atoms with Crippen molar-refractivity contribution in [3.8, 4) is 0 Å². The van der Waals surface area contributed by atoms with Gasteiger partial charge in [-0.2, -0.15) is 9.61 Å². The summed E-state index contributed by atoms with van der Waals surface area (Å²) < 4.78 is 1.95. The normalized spacial score (nSPS) is 24.1. The minimum atomic E-state index is 0.0678. The summed E-state index contributed by atoms with van der Waals surface area (Å²) >= 11 is 0. The molecule has 0 spiro atoms. The molecule has 3 aliphatic rings. The van der Waals surface area contributed by atoms with Crippen LogP contribution in [0.15, 0.2) is 12.3 Å². The first-order chi connectivity index (χ1) is 13.1. The smallest absolute Gasteiger partial charge is 0.229 e. The summed E-state index contributed by atoms with van der Waals surface area (Å²) in [5, 5.41) is 4.52. The van der Waals surface area contributed by atoms with Crippen molar-refractivity contribution >= 4 is 17.4 Å². The first kappa shape index (κ1) is 16.9. The van der Waals surface area contributed by atoms with Crippen molar-refractivity contribution in [3.05, 3.63) is 23.5 Å². The highest BCUT2D eigenvalue weighted by Crippen LogP contribution is 2.32. The number of carbonyl (C=O) groups excluding carboxylic acids is 1. The molecule has 0 radical (unpaired) electrons. The lowest BCUT2D eigenvalue weighted by atomic mass is 9.97. The van der Waals surface area contributed by atoms with E-state index in [2.05, 4.69) is 21.9 Å². The van der Waals surface area contributed by atoms with Crippen molar-refractivity contribution in [1.82, 2.24) is 24.4 Å². The summed E-state index contributed by atoms with van der Waals surface area (Å²) in [4.78, 5) is 24.2. The van der Waals surface area contributed by atoms with E-state index in [9.17, 15) is 4.79 Å². The molecule has 1 unspecified atom stereocenters. The van der Waals surface area contributed by atoms with E-state index >= 15 is 0 Å². The van der Waals surface area contributed by atoms with Gasteiger partial charge in [-0.15, -0.1) is 0 Å². The van der Waals surface area contributed by atoms with Crippen molar-refractivity contribution in [3.63, 3.8) is 0 Å². The molecule has 8 heteroatoms. The molecule has 5 rings (SSSR count). The minimum Gasteiger partial charge on any atom is -0.354 e. The first-order valence-electron chi connectivity index (χ1n) is 9.93. The Bertz CT molecular complexity index is 872. The number of nitrogens with two attached hydrogens (primary N) is 1. The number of amides is 1. The summed E-state index contributed by atoms with van der Waals surface area (Å²) in [6.45, 7) is 5.07. The Labute approximate surface area is 158 Å². The summed E-state index contributed by atoms with van der Waals surface area (Å²) in [5.74, 6) is 1.46. The van der Waals surface area contributed by atoms with E-state index in [1.807, 2.05) is 21.7 Å². The summed E-state index contributed by atoms with van der Waals surface area (Å²) in [6, 6.07) is 2.11. The summed E-state index contributed by atoms with van der Waals surface area (Å²) in [6.07, 6.45) is 4.66.